The van der Waals surface area contributed by atoms with Gasteiger partial charge in [0.1, 0.15) is 11.4 Å². The fourth-order valence-electron chi connectivity index (χ4n) is 2.60. The Morgan fingerprint density at radius 1 is 1.08 bits per heavy atom. The van der Waals surface area contributed by atoms with Crippen molar-refractivity contribution in [3.05, 3.63) is 69.7 Å². The van der Waals surface area contributed by atoms with Gasteiger partial charge >= 0.3 is 5.97 Å². The predicted molar refractivity (Wildman–Crippen MR) is 95.7 cm³/mol. The lowest BCUT2D eigenvalue weighted by Gasteiger charge is -2.28. The Kier molecular flexibility index (Phi) is 5.04. The summed E-state index contributed by atoms with van der Waals surface area (Å²) in [6.45, 7) is 0. The van der Waals surface area contributed by atoms with E-state index in [1.807, 2.05) is 12.1 Å². The van der Waals surface area contributed by atoms with Gasteiger partial charge in [-0.2, -0.15) is 0 Å². The second-order valence-corrected chi connectivity index (χ2v) is 7.24. The number of thioether (sulfide) groups is 1. The van der Waals surface area contributed by atoms with Gasteiger partial charge in [0.2, 0.25) is 0 Å². The van der Waals surface area contributed by atoms with Gasteiger partial charge in [0.05, 0.1) is 0 Å². The Morgan fingerprint density at radius 2 is 1.75 bits per heavy atom. The summed E-state index contributed by atoms with van der Waals surface area (Å²) in [6.07, 6.45) is 0. The quantitative estimate of drug-likeness (QED) is 0.858. The molecule has 1 N–H and O–H groups in total. The van der Waals surface area contributed by atoms with Gasteiger partial charge in [-0.25, -0.2) is 4.79 Å². The molecule has 0 bridgehead atoms. The average molecular weight is 382 g/mol. The Morgan fingerprint density at radius 3 is 2.38 bits per heavy atom. The summed E-state index contributed by atoms with van der Waals surface area (Å²) in [5, 5.41) is 10.1. The first-order valence-electron chi connectivity index (χ1n) is 7.16. The van der Waals surface area contributed by atoms with E-state index in [2.05, 4.69) is 0 Å². The van der Waals surface area contributed by atoms with E-state index in [0.717, 1.165) is 5.56 Å². The SMILES string of the molecule is O=C(O)[C@@H]1CS[C@H](c2ccccc2Cl)N1C(=O)c1ccc(Cl)cc1. The molecule has 24 heavy (non-hydrogen) atoms. The van der Waals surface area contributed by atoms with Gasteiger partial charge in [0.15, 0.2) is 0 Å². The number of nitrogens with zero attached hydrogens (tertiary/aromatic N) is 1. The van der Waals surface area contributed by atoms with Crippen LogP contribution in [0.5, 0.6) is 0 Å². The van der Waals surface area contributed by atoms with Gasteiger partial charge in [-0.1, -0.05) is 41.4 Å². The number of aliphatic carboxylic acids is 1. The Balaban J connectivity index is 2.01. The van der Waals surface area contributed by atoms with Crippen molar-refractivity contribution in [2.75, 3.05) is 5.75 Å². The minimum absolute atomic E-state index is 0.310. The number of hydrogen-bond acceptors (Lipinski definition) is 3. The van der Waals surface area contributed by atoms with Crippen LogP contribution in [0.25, 0.3) is 0 Å². The van der Waals surface area contributed by atoms with Crippen molar-refractivity contribution >= 4 is 46.8 Å². The van der Waals surface area contributed by atoms with Crippen LogP contribution in [0.1, 0.15) is 21.3 Å². The van der Waals surface area contributed by atoms with Gasteiger partial charge in [0.25, 0.3) is 5.91 Å². The molecule has 1 aliphatic heterocycles. The number of hydrogen-bond donors (Lipinski definition) is 1. The number of rotatable bonds is 3. The van der Waals surface area contributed by atoms with Crippen molar-refractivity contribution < 1.29 is 14.7 Å². The monoisotopic (exact) mass is 381 g/mol. The molecule has 0 spiro atoms. The molecule has 4 nitrogen and oxygen atoms in total. The molecule has 0 unspecified atom stereocenters. The number of carboxylic acids is 1. The molecule has 1 amide bonds. The highest BCUT2D eigenvalue weighted by Gasteiger charge is 2.43. The summed E-state index contributed by atoms with van der Waals surface area (Å²) in [5.41, 5.74) is 1.13. The summed E-state index contributed by atoms with van der Waals surface area (Å²) in [6, 6.07) is 12.7. The smallest absolute Gasteiger partial charge is 0.327 e. The third-order valence-electron chi connectivity index (χ3n) is 3.78. The van der Waals surface area contributed by atoms with Crippen LogP contribution < -0.4 is 0 Å². The molecule has 1 saturated heterocycles. The molecular weight excluding hydrogens is 369 g/mol. The van der Waals surface area contributed by atoms with Crippen LogP contribution in [0.2, 0.25) is 10.0 Å². The highest BCUT2D eigenvalue weighted by molar-refractivity contribution is 7.99. The molecule has 2 aromatic carbocycles. The zero-order valence-electron chi connectivity index (χ0n) is 12.4. The van der Waals surface area contributed by atoms with Crippen LogP contribution in [0, 0.1) is 0 Å². The van der Waals surface area contributed by atoms with Crippen LogP contribution in [0.4, 0.5) is 0 Å². The average Bonchev–Trinajstić information content (AvgIpc) is 3.00. The molecular formula is C17H13Cl2NO3S. The van der Waals surface area contributed by atoms with E-state index in [4.69, 9.17) is 23.2 Å². The van der Waals surface area contributed by atoms with Crippen LogP contribution in [-0.4, -0.2) is 33.7 Å². The van der Waals surface area contributed by atoms with Crippen LogP contribution in [0.3, 0.4) is 0 Å². The van der Waals surface area contributed by atoms with Gasteiger partial charge in [-0.15, -0.1) is 11.8 Å². The third kappa shape index (κ3) is 3.24. The fraction of sp³-hybridized carbons (Fsp3) is 0.176. The zero-order chi connectivity index (χ0) is 17.3. The summed E-state index contributed by atoms with van der Waals surface area (Å²) in [7, 11) is 0. The second kappa shape index (κ2) is 7.05. The predicted octanol–water partition coefficient (Wildman–Crippen LogP) is 4.33. The summed E-state index contributed by atoms with van der Waals surface area (Å²) in [4.78, 5) is 25.9. The number of carboxylic acid groups (broad SMARTS) is 1. The normalized spacial score (nSPS) is 20.2. The van der Waals surface area contributed by atoms with E-state index >= 15 is 0 Å². The van der Waals surface area contributed by atoms with E-state index in [-0.39, 0.29) is 5.91 Å². The number of carbonyl (C=O) groups is 2. The molecule has 7 heteroatoms. The summed E-state index contributed by atoms with van der Waals surface area (Å²) >= 11 is 13.5. The van der Waals surface area contributed by atoms with E-state index in [9.17, 15) is 14.7 Å². The lowest BCUT2D eigenvalue weighted by molar-refractivity contribution is -0.141. The van der Waals surface area contributed by atoms with Gasteiger partial charge in [-0.3, -0.25) is 4.79 Å². The molecule has 0 saturated carbocycles. The Labute approximate surface area is 153 Å². The minimum atomic E-state index is -1.03. The number of halogens is 2. The van der Waals surface area contributed by atoms with Crippen molar-refractivity contribution in [2.24, 2.45) is 0 Å². The molecule has 1 heterocycles. The number of carbonyl (C=O) groups excluding carboxylic acids is 1. The van der Waals surface area contributed by atoms with Crippen molar-refractivity contribution in [3.63, 3.8) is 0 Å². The van der Waals surface area contributed by atoms with Crippen LogP contribution in [-0.2, 0) is 4.79 Å². The van der Waals surface area contributed by atoms with Gasteiger partial charge in [0, 0.05) is 26.9 Å². The summed E-state index contributed by atoms with van der Waals surface area (Å²) in [5.74, 6) is -1.07. The van der Waals surface area contributed by atoms with E-state index in [1.165, 1.54) is 16.7 Å². The molecule has 1 aliphatic rings. The first-order valence-corrected chi connectivity index (χ1v) is 8.96. The van der Waals surface area contributed by atoms with E-state index in [0.29, 0.717) is 21.4 Å². The maximum Gasteiger partial charge on any atom is 0.327 e. The van der Waals surface area contributed by atoms with Gasteiger partial charge < -0.3 is 10.0 Å². The molecule has 1 fully saturated rings. The van der Waals surface area contributed by atoms with Crippen LogP contribution in [0.15, 0.2) is 48.5 Å². The largest absolute Gasteiger partial charge is 0.480 e. The molecule has 2 atom stereocenters. The second-order valence-electron chi connectivity index (χ2n) is 5.28. The molecule has 0 radical (unpaired) electrons. The minimum Gasteiger partial charge on any atom is -0.480 e. The molecule has 2 aromatic rings. The fourth-order valence-corrected chi connectivity index (χ4v) is 4.49. The standard InChI is InChI=1S/C17H13Cl2NO3S/c18-11-7-5-10(6-8-11)15(21)20-14(17(22)23)9-24-16(20)12-3-1-2-4-13(12)19/h1-8,14,16H,9H2,(H,22,23)/t14-,16+/m0/s1. The van der Waals surface area contributed by atoms with Crippen molar-refractivity contribution in [1.29, 1.82) is 0 Å². The highest BCUT2D eigenvalue weighted by Crippen LogP contribution is 2.44. The lowest BCUT2D eigenvalue weighted by atomic mass is 10.1. The maximum atomic E-state index is 12.9. The molecule has 124 valence electrons. The Bertz CT molecular complexity index is 782. The summed E-state index contributed by atoms with van der Waals surface area (Å²) < 4.78 is 0. The Hall–Kier alpha value is -1.69. The third-order valence-corrected chi connectivity index (χ3v) is 5.68. The topological polar surface area (TPSA) is 57.6 Å². The van der Waals surface area contributed by atoms with Crippen molar-refractivity contribution in [3.8, 4) is 0 Å². The van der Waals surface area contributed by atoms with E-state index in [1.54, 1.807) is 36.4 Å². The molecule has 0 aromatic heterocycles. The number of amides is 1. The molecule has 0 aliphatic carbocycles. The maximum absolute atomic E-state index is 12.9. The van der Waals surface area contributed by atoms with Crippen molar-refractivity contribution in [1.82, 2.24) is 4.90 Å². The van der Waals surface area contributed by atoms with Crippen molar-refractivity contribution in [2.45, 2.75) is 11.4 Å². The first-order chi connectivity index (χ1) is 11.5. The van der Waals surface area contributed by atoms with Crippen LogP contribution >= 0.6 is 35.0 Å². The number of benzene rings is 2. The lowest BCUT2D eigenvalue weighted by Crippen LogP contribution is -2.43. The zero-order valence-corrected chi connectivity index (χ0v) is 14.7. The first kappa shape index (κ1) is 17.1. The highest BCUT2D eigenvalue weighted by atomic mass is 35.5. The van der Waals surface area contributed by atoms with Gasteiger partial charge in [-0.05, 0) is 30.3 Å². The molecule has 3 rings (SSSR count). The van der Waals surface area contributed by atoms with E-state index < -0.39 is 17.4 Å².